The third kappa shape index (κ3) is 13.0. The lowest BCUT2D eigenvalue weighted by molar-refractivity contribution is -0.143. The molecule has 8 aromatic carbocycles. The van der Waals surface area contributed by atoms with Gasteiger partial charge in [0.2, 0.25) is 41.2 Å². The van der Waals surface area contributed by atoms with E-state index in [1.165, 1.54) is 54.6 Å². The highest BCUT2D eigenvalue weighted by Crippen LogP contribution is 2.49. The van der Waals surface area contributed by atoms with Gasteiger partial charge in [-0.05, 0) is 137 Å². The van der Waals surface area contributed by atoms with E-state index < -0.39 is 152 Å². The number of carbonyl (C=O) groups is 7. The molecule has 8 aromatic rings. The number of aliphatic hydroxyl groups is 1. The first-order chi connectivity index (χ1) is 45.7. The Balaban J connectivity index is 1.06. The van der Waals surface area contributed by atoms with E-state index in [0.717, 1.165) is 60.2 Å². The number of aliphatic carboxylic acids is 1. The number of ether oxygens (including phenoxy) is 3. The molecule has 0 spiro atoms. The van der Waals surface area contributed by atoms with E-state index in [1.807, 2.05) is 0 Å². The smallest absolute Gasteiger partial charge is 0.330 e. The fraction of sp³-hybridized carbons (Fsp3) is 0.179. The fourth-order valence-corrected chi connectivity index (χ4v) is 12.3. The van der Waals surface area contributed by atoms with Crippen LogP contribution in [0.2, 0.25) is 15.1 Å². The van der Waals surface area contributed by atoms with Crippen LogP contribution in [0.3, 0.4) is 0 Å². The number of rotatable bonds is 5. The highest BCUT2D eigenvalue weighted by atomic mass is 35.5. The Kier molecular flexibility index (Phi) is 17.7. The molecule has 0 saturated heterocycles. The molecule has 492 valence electrons. The van der Waals surface area contributed by atoms with Crippen LogP contribution in [-0.2, 0) is 53.1 Å². The molecule has 6 aliphatic heterocycles. The maximum Gasteiger partial charge on any atom is 0.330 e. The van der Waals surface area contributed by atoms with Gasteiger partial charge >= 0.3 is 5.97 Å². The summed E-state index contributed by atoms with van der Waals surface area (Å²) in [5, 5.41) is 109. The van der Waals surface area contributed by atoms with Crippen molar-refractivity contribution in [3.63, 3.8) is 0 Å². The second-order valence-corrected chi connectivity index (χ2v) is 24.4. The number of amides is 6. The van der Waals surface area contributed by atoms with Gasteiger partial charge in [-0.3, -0.25) is 33.7 Å². The van der Waals surface area contributed by atoms with E-state index in [9.17, 15) is 55.2 Å². The summed E-state index contributed by atoms with van der Waals surface area (Å²) in [7, 11) is 1.64. The molecule has 0 aliphatic carbocycles. The van der Waals surface area contributed by atoms with Crippen molar-refractivity contribution in [2.24, 2.45) is 5.73 Å². The first-order valence-electron chi connectivity index (χ1n) is 29.2. The highest BCUT2D eigenvalue weighted by molar-refractivity contribution is 6.32. The molecule has 96 heavy (non-hydrogen) atoms. The quantitative estimate of drug-likeness (QED) is 0.0805. The zero-order valence-electron chi connectivity index (χ0n) is 49.8. The molecule has 0 radical (unpaired) electrons. The van der Waals surface area contributed by atoms with Crippen LogP contribution in [0, 0.1) is 0 Å². The Morgan fingerprint density at radius 3 is 1.79 bits per heavy atom. The minimum atomic E-state index is -2.24. The van der Waals surface area contributed by atoms with E-state index in [1.54, 1.807) is 36.2 Å². The van der Waals surface area contributed by atoms with Gasteiger partial charge in [-0.25, -0.2) is 4.79 Å². The molecule has 17 bridgehead atoms. The number of phenols is 6. The Hall–Kier alpha value is -11.0. The molecule has 6 heterocycles. The number of nitrogens with one attached hydrogen (secondary N) is 6. The second-order valence-electron chi connectivity index (χ2n) is 23.2. The Morgan fingerprint density at radius 1 is 0.531 bits per heavy atom. The molecule has 29 heteroatoms. The number of nitrogens with two attached hydrogens (primary N) is 1. The lowest BCUT2D eigenvalue weighted by Gasteiger charge is -2.31. The van der Waals surface area contributed by atoms with Crippen LogP contribution in [0.25, 0.3) is 11.1 Å². The van der Waals surface area contributed by atoms with Crippen LogP contribution in [0.15, 0.2) is 133 Å². The van der Waals surface area contributed by atoms with Crippen molar-refractivity contribution < 1.29 is 88.6 Å². The highest BCUT2D eigenvalue weighted by Gasteiger charge is 2.42. The van der Waals surface area contributed by atoms with Gasteiger partial charge in [0, 0.05) is 47.3 Å². The molecule has 0 fully saturated rings. The van der Waals surface area contributed by atoms with Gasteiger partial charge in [0.1, 0.15) is 82.6 Å². The third-order valence-electron chi connectivity index (χ3n) is 16.5. The van der Waals surface area contributed by atoms with Crippen LogP contribution >= 0.6 is 34.8 Å². The number of hydrogen-bond acceptors (Lipinski definition) is 19. The summed E-state index contributed by atoms with van der Waals surface area (Å²) >= 11 is 19.9. The van der Waals surface area contributed by atoms with Crippen LogP contribution < -0.4 is 51.8 Å². The van der Waals surface area contributed by atoms with Crippen LogP contribution in [0.1, 0.15) is 86.4 Å². The van der Waals surface area contributed by atoms with Gasteiger partial charge < -0.3 is 92.7 Å². The number of phenolic OH excluding ortho intramolecular Hbond substituents is 6. The number of benzene rings is 8. The number of nitrogens with zero attached hydrogens (tertiary/aromatic N) is 1. The minimum absolute atomic E-state index is 0.114. The van der Waals surface area contributed by atoms with E-state index in [0.29, 0.717) is 10.6 Å². The average molecular weight is 1370 g/mol. The average Bonchev–Trinajstić information content (AvgIpc) is 0.762. The largest absolute Gasteiger partial charge is 0.508 e. The number of carbonyl (C=O) groups excluding carboxylic acids is 6. The van der Waals surface area contributed by atoms with E-state index in [-0.39, 0.29) is 85.9 Å². The number of carboxylic acids is 1. The Morgan fingerprint density at radius 2 is 1.12 bits per heavy atom. The predicted molar refractivity (Wildman–Crippen MR) is 342 cm³/mol. The van der Waals surface area contributed by atoms with Crippen molar-refractivity contribution in [1.82, 2.24) is 36.8 Å². The number of fused-ring (bicyclic) bond motifs is 14. The SMILES string of the molecule is CN(Cc1ccc(Cl)cc1)Cc1c(O)cc2c(c1O)-c1cc(ccc1O)C1NC(=O)C3NC(=O)C4NC(=O)C(Cc5ccc(c(Cl)c5)Oc5cc3cc(c5O)Oc3ccc(cc3Cl)C(O)C(NC1=O)C(=O)N[C@H]2C(=O)O)NC(=O)C(N)c1ccc(O)c(c1)Oc1cc(O)cc4c1. The van der Waals surface area contributed by atoms with E-state index in [2.05, 4.69) is 31.9 Å². The molecule has 6 amide bonds. The van der Waals surface area contributed by atoms with Crippen molar-refractivity contribution >= 4 is 76.2 Å². The molecule has 8 atom stereocenters. The monoisotopic (exact) mass is 1360 g/mol. The maximum atomic E-state index is 16.0. The molecule has 16 N–H and O–H groups in total. The predicted octanol–water partition coefficient (Wildman–Crippen LogP) is 7.27. The van der Waals surface area contributed by atoms with Crippen LogP contribution in [0.5, 0.6) is 69.0 Å². The van der Waals surface area contributed by atoms with E-state index in [4.69, 9.17) is 54.7 Å². The summed E-state index contributed by atoms with van der Waals surface area (Å²) in [6, 6.07) is 14.1. The van der Waals surface area contributed by atoms with Crippen LogP contribution in [-0.4, -0.2) is 106 Å². The zero-order valence-corrected chi connectivity index (χ0v) is 52.0. The molecular weight excluding hydrogens is 1310 g/mol. The number of aliphatic hydroxyl groups excluding tert-OH is 1. The topological polar surface area (TPSA) is 410 Å². The van der Waals surface area contributed by atoms with Crippen molar-refractivity contribution in [3.8, 4) is 80.1 Å². The molecule has 0 aromatic heterocycles. The second kappa shape index (κ2) is 26.1. The first-order valence-corrected chi connectivity index (χ1v) is 30.4. The number of carboxylic acid groups (broad SMARTS) is 1. The summed E-state index contributed by atoms with van der Waals surface area (Å²) in [5.74, 6) is -15.0. The van der Waals surface area contributed by atoms with Gasteiger partial charge in [-0.2, -0.15) is 0 Å². The van der Waals surface area contributed by atoms with E-state index >= 15 is 19.2 Å². The Labute approximate surface area is 558 Å². The lowest BCUT2D eigenvalue weighted by Crippen LogP contribution is -2.55. The summed E-state index contributed by atoms with van der Waals surface area (Å²) < 4.78 is 18.5. The van der Waals surface area contributed by atoms with Crippen molar-refractivity contribution in [1.29, 1.82) is 0 Å². The lowest BCUT2D eigenvalue weighted by atomic mass is 9.88. The molecule has 7 unspecified atom stereocenters. The molecule has 14 rings (SSSR count). The molecule has 6 aliphatic rings. The van der Waals surface area contributed by atoms with Crippen molar-refractivity contribution in [2.75, 3.05) is 7.05 Å². The third-order valence-corrected chi connectivity index (χ3v) is 17.4. The summed E-state index contributed by atoms with van der Waals surface area (Å²) in [6.07, 6.45) is -2.51. The van der Waals surface area contributed by atoms with Gasteiger partial charge in [-0.1, -0.05) is 71.2 Å². The summed E-state index contributed by atoms with van der Waals surface area (Å²) in [5.41, 5.74) is 4.90. The molecule has 0 saturated carbocycles. The zero-order chi connectivity index (χ0) is 68.3. The fourth-order valence-electron chi connectivity index (χ4n) is 11.7. The van der Waals surface area contributed by atoms with Gasteiger partial charge in [0.05, 0.1) is 15.6 Å². The van der Waals surface area contributed by atoms with Crippen LogP contribution in [0.4, 0.5) is 0 Å². The number of halogens is 3. The molecular formula is C67H55Cl3N8O18. The molecule has 26 nitrogen and oxygen atoms in total. The van der Waals surface area contributed by atoms with Crippen molar-refractivity contribution in [2.45, 2.75) is 67.9 Å². The normalized spacial score (nSPS) is 20.9. The van der Waals surface area contributed by atoms with Gasteiger partial charge in [-0.15, -0.1) is 0 Å². The van der Waals surface area contributed by atoms with Crippen molar-refractivity contribution in [3.05, 3.63) is 199 Å². The first kappa shape index (κ1) is 65.1. The minimum Gasteiger partial charge on any atom is -0.508 e. The maximum absolute atomic E-state index is 16.0. The Bertz CT molecular complexity index is 4580. The van der Waals surface area contributed by atoms with Gasteiger partial charge in [0.25, 0.3) is 0 Å². The number of hydrogen-bond donors (Lipinski definition) is 15. The summed E-state index contributed by atoms with van der Waals surface area (Å²) in [6.45, 7) is -0.0295. The van der Waals surface area contributed by atoms with Gasteiger partial charge in [0.15, 0.2) is 29.0 Å². The number of aromatic hydroxyl groups is 6. The summed E-state index contributed by atoms with van der Waals surface area (Å²) in [4.78, 5) is 106. The standard InChI is InChI=1S/C67H55Cl3N8O18/c1-78(25-27-2-8-34(68)9-3-27)26-39-45(82)24-38-51(59(39)84)37-18-30(6-10-43(37)80)53-63(88)77-57(66(91)76-56(38)67(92)93)58(83)31-7-13-47(41(70)19-31)96-50-22-33-21-49(60(50)85)95-46-12-4-28(14-40(46)69)15-42-61(86)73-54(64(89)75-55(33)65(90)74-53)32-16-35(79)23-36(17-32)94-48-20-29(5-11-44(48)81)52(71)62(87)72-42/h2-14,16-24,42,52-58,79-85H,15,25-26,71H2,1H3,(H,72,87)(H,73,86)(H,74,90)(H,75,89)(H,76,91)(H,77,88)(H,92,93)/t42?,52?,53?,54?,55?,56-,57?,58?/m1/s1.